The van der Waals surface area contributed by atoms with E-state index in [1.165, 1.54) is 11.3 Å². The molecule has 1 amide bonds. The predicted octanol–water partition coefficient (Wildman–Crippen LogP) is 4.65. The molecule has 4 nitrogen and oxygen atoms in total. The molecule has 0 saturated heterocycles. The summed E-state index contributed by atoms with van der Waals surface area (Å²) in [6.07, 6.45) is 0.994. The molecular weight excluding hydrogens is 342 g/mol. The van der Waals surface area contributed by atoms with E-state index >= 15 is 0 Å². The predicted molar refractivity (Wildman–Crippen MR) is 101 cm³/mol. The lowest BCUT2D eigenvalue weighted by Gasteiger charge is -2.21. The van der Waals surface area contributed by atoms with Crippen molar-refractivity contribution in [2.75, 3.05) is 18.1 Å². The Morgan fingerprint density at radius 2 is 2.04 bits per heavy atom. The lowest BCUT2D eigenvalue weighted by atomic mass is 10.1. The molecule has 0 unspecified atom stereocenters. The molecule has 0 saturated carbocycles. The van der Waals surface area contributed by atoms with E-state index in [0.29, 0.717) is 18.7 Å². The standard InChI is InChI=1S/C18H20ClN3OS/c1-3-21(12-16-8-9-17(19)24-16)18(23)14-4-6-15(7-5-14)22-11-10-13(2)20-22/h4-9H,3,10-12H2,1-2H3. The lowest BCUT2D eigenvalue weighted by Crippen LogP contribution is -2.30. The number of hydrogen-bond donors (Lipinski definition) is 0. The number of carbonyl (C=O) groups excluding carboxylic acids is 1. The van der Waals surface area contributed by atoms with Crippen molar-refractivity contribution in [1.82, 2.24) is 4.90 Å². The van der Waals surface area contributed by atoms with Gasteiger partial charge >= 0.3 is 0 Å². The lowest BCUT2D eigenvalue weighted by molar-refractivity contribution is 0.0754. The van der Waals surface area contributed by atoms with Gasteiger partial charge in [0.1, 0.15) is 0 Å². The number of benzene rings is 1. The number of hydrogen-bond acceptors (Lipinski definition) is 4. The molecule has 24 heavy (non-hydrogen) atoms. The van der Waals surface area contributed by atoms with Gasteiger partial charge in [0.2, 0.25) is 0 Å². The third kappa shape index (κ3) is 3.79. The van der Waals surface area contributed by atoms with Gasteiger partial charge in [0.05, 0.1) is 16.6 Å². The van der Waals surface area contributed by atoms with Crippen molar-refractivity contribution in [3.05, 3.63) is 51.2 Å². The van der Waals surface area contributed by atoms with Crippen LogP contribution in [0.4, 0.5) is 5.69 Å². The zero-order chi connectivity index (χ0) is 17.1. The molecule has 2 heterocycles. The summed E-state index contributed by atoms with van der Waals surface area (Å²) in [6, 6.07) is 11.5. The zero-order valence-electron chi connectivity index (χ0n) is 13.8. The molecule has 3 rings (SSSR count). The van der Waals surface area contributed by atoms with Crippen molar-refractivity contribution in [2.45, 2.75) is 26.8 Å². The fraction of sp³-hybridized carbons (Fsp3) is 0.333. The summed E-state index contributed by atoms with van der Waals surface area (Å²) in [5.74, 6) is 0.0367. The first kappa shape index (κ1) is 17.0. The van der Waals surface area contributed by atoms with Gasteiger partial charge in [-0.25, -0.2) is 0 Å². The second kappa shape index (κ2) is 7.36. The van der Waals surface area contributed by atoms with Gasteiger partial charge in [-0.2, -0.15) is 5.10 Å². The van der Waals surface area contributed by atoms with Crippen molar-refractivity contribution < 1.29 is 4.79 Å². The molecule has 1 aromatic heterocycles. The maximum Gasteiger partial charge on any atom is 0.254 e. The average Bonchev–Trinajstić information content (AvgIpc) is 3.20. The summed E-state index contributed by atoms with van der Waals surface area (Å²) < 4.78 is 0.749. The molecule has 0 fully saturated rings. The molecule has 0 aliphatic carbocycles. The van der Waals surface area contributed by atoms with E-state index < -0.39 is 0 Å². The molecule has 6 heteroatoms. The third-order valence-corrected chi connectivity index (χ3v) is 5.25. The number of amides is 1. The molecule has 1 aliphatic rings. The molecular formula is C18H20ClN3OS. The monoisotopic (exact) mass is 361 g/mol. The first-order chi connectivity index (χ1) is 11.6. The van der Waals surface area contributed by atoms with Crippen molar-refractivity contribution >= 4 is 40.2 Å². The van der Waals surface area contributed by atoms with E-state index in [1.54, 1.807) is 0 Å². The number of nitrogens with zero attached hydrogens (tertiary/aromatic N) is 3. The topological polar surface area (TPSA) is 35.9 Å². The second-order valence-electron chi connectivity index (χ2n) is 5.78. The molecule has 1 aliphatic heterocycles. The Labute approximate surface area is 151 Å². The minimum Gasteiger partial charge on any atom is -0.334 e. The number of thiophene rings is 1. The van der Waals surface area contributed by atoms with E-state index in [9.17, 15) is 4.79 Å². The fourth-order valence-electron chi connectivity index (χ4n) is 2.67. The molecule has 0 bridgehead atoms. The molecule has 0 atom stereocenters. The first-order valence-corrected chi connectivity index (χ1v) is 9.21. The van der Waals surface area contributed by atoms with Gasteiger partial charge in [0.25, 0.3) is 5.91 Å². The minimum absolute atomic E-state index is 0.0367. The van der Waals surface area contributed by atoms with Gasteiger partial charge in [-0.3, -0.25) is 9.80 Å². The third-order valence-electron chi connectivity index (χ3n) is 4.03. The van der Waals surface area contributed by atoms with Gasteiger partial charge in [-0.1, -0.05) is 11.6 Å². The van der Waals surface area contributed by atoms with Crippen molar-refractivity contribution in [1.29, 1.82) is 0 Å². The fourth-order valence-corrected chi connectivity index (χ4v) is 3.77. The molecule has 0 spiro atoms. The van der Waals surface area contributed by atoms with Gasteiger partial charge in [0.15, 0.2) is 0 Å². The van der Waals surface area contributed by atoms with Gasteiger partial charge in [0, 0.05) is 35.7 Å². The van der Waals surface area contributed by atoms with E-state index in [-0.39, 0.29) is 5.91 Å². The number of rotatable bonds is 5. The highest BCUT2D eigenvalue weighted by atomic mass is 35.5. The largest absolute Gasteiger partial charge is 0.334 e. The number of halogens is 1. The van der Waals surface area contributed by atoms with Crippen LogP contribution in [-0.2, 0) is 6.54 Å². The smallest absolute Gasteiger partial charge is 0.254 e. The van der Waals surface area contributed by atoms with Crippen LogP contribution in [-0.4, -0.2) is 29.6 Å². The average molecular weight is 362 g/mol. The van der Waals surface area contributed by atoms with Gasteiger partial charge in [-0.05, 0) is 50.2 Å². The Morgan fingerprint density at radius 1 is 1.29 bits per heavy atom. The Hall–Kier alpha value is -1.85. The van der Waals surface area contributed by atoms with Crippen LogP contribution in [0.2, 0.25) is 4.34 Å². The molecule has 0 radical (unpaired) electrons. The van der Waals surface area contributed by atoms with Crippen LogP contribution in [0, 0.1) is 0 Å². The first-order valence-electron chi connectivity index (χ1n) is 8.02. The van der Waals surface area contributed by atoms with E-state index in [4.69, 9.17) is 11.6 Å². The van der Waals surface area contributed by atoms with Crippen molar-refractivity contribution in [2.24, 2.45) is 5.10 Å². The van der Waals surface area contributed by atoms with E-state index in [1.807, 2.05) is 60.2 Å². The van der Waals surface area contributed by atoms with Gasteiger partial charge in [-0.15, -0.1) is 11.3 Å². The summed E-state index contributed by atoms with van der Waals surface area (Å²) >= 11 is 7.49. The maximum atomic E-state index is 12.7. The highest BCUT2D eigenvalue weighted by molar-refractivity contribution is 7.16. The van der Waals surface area contributed by atoms with Crippen molar-refractivity contribution in [3.8, 4) is 0 Å². The zero-order valence-corrected chi connectivity index (χ0v) is 15.4. The van der Waals surface area contributed by atoms with Crippen LogP contribution in [0.3, 0.4) is 0 Å². The van der Waals surface area contributed by atoms with E-state index in [0.717, 1.165) is 33.6 Å². The summed E-state index contributed by atoms with van der Waals surface area (Å²) in [5.41, 5.74) is 2.86. The SMILES string of the molecule is CCN(Cc1ccc(Cl)s1)C(=O)c1ccc(N2CCC(C)=N2)cc1. The molecule has 126 valence electrons. The van der Waals surface area contributed by atoms with Crippen LogP contribution in [0.5, 0.6) is 0 Å². The quantitative estimate of drug-likeness (QED) is 0.777. The minimum atomic E-state index is 0.0367. The van der Waals surface area contributed by atoms with Gasteiger partial charge < -0.3 is 4.90 Å². The Kier molecular flexibility index (Phi) is 5.21. The van der Waals surface area contributed by atoms with E-state index in [2.05, 4.69) is 5.10 Å². The summed E-state index contributed by atoms with van der Waals surface area (Å²) in [4.78, 5) is 15.6. The van der Waals surface area contributed by atoms with Crippen LogP contribution in [0.15, 0.2) is 41.5 Å². The summed E-state index contributed by atoms with van der Waals surface area (Å²) in [7, 11) is 0. The van der Waals surface area contributed by atoms with Crippen LogP contribution in [0.25, 0.3) is 0 Å². The molecule has 2 aromatic rings. The number of anilines is 1. The number of carbonyl (C=O) groups is 1. The van der Waals surface area contributed by atoms with Crippen LogP contribution < -0.4 is 5.01 Å². The van der Waals surface area contributed by atoms with Crippen molar-refractivity contribution in [3.63, 3.8) is 0 Å². The molecule has 1 aromatic carbocycles. The molecule has 0 N–H and O–H groups in total. The highest BCUT2D eigenvalue weighted by Crippen LogP contribution is 2.24. The Balaban J connectivity index is 1.71. The second-order valence-corrected chi connectivity index (χ2v) is 7.58. The maximum absolute atomic E-state index is 12.7. The van der Waals surface area contributed by atoms with Crippen LogP contribution >= 0.6 is 22.9 Å². The number of hydrazone groups is 1. The van der Waals surface area contributed by atoms with Crippen LogP contribution in [0.1, 0.15) is 35.5 Å². The summed E-state index contributed by atoms with van der Waals surface area (Å²) in [6.45, 7) is 6.17. The normalized spacial score (nSPS) is 14.0. The summed E-state index contributed by atoms with van der Waals surface area (Å²) in [5, 5.41) is 6.47. The Morgan fingerprint density at radius 3 is 2.58 bits per heavy atom. The Bertz CT molecular complexity index is 754. The highest BCUT2D eigenvalue weighted by Gasteiger charge is 2.17.